The predicted octanol–water partition coefficient (Wildman–Crippen LogP) is 3.23. The zero-order valence-electron chi connectivity index (χ0n) is 14.2. The lowest BCUT2D eigenvalue weighted by Gasteiger charge is -2.30. The molecule has 0 fully saturated rings. The molecule has 0 bridgehead atoms. The molecule has 0 radical (unpaired) electrons. The van der Waals surface area contributed by atoms with Crippen molar-refractivity contribution in [3.63, 3.8) is 0 Å². The number of carbonyl (C=O) groups excluding carboxylic acids is 1. The first-order valence-electron chi connectivity index (χ1n) is 8.52. The summed E-state index contributed by atoms with van der Waals surface area (Å²) in [4.78, 5) is 14.3. The van der Waals surface area contributed by atoms with E-state index in [1.54, 1.807) is 11.0 Å². The Bertz CT molecular complexity index is 762. The molecule has 0 saturated heterocycles. The minimum atomic E-state index is -1.00. The first-order valence-corrected chi connectivity index (χ1v) is 8.52. The van der Waals surface area contributed by atoms with Gasteiger partial charge in [-0.15, -0.1) is 0 Å². The van der Waals surface area contributed by atoms with Crippen LogP contribution < -0.4 is 4.74 Å². The molecule has 1 N–H and O–H groups in total. The summed E-state index contributed by atoms with van der Waals surface area (Å²) in [6.45, 7) is 3.66. The van der Waals surface area contributed by atoms with Crippen molar-refractivity contribution in [3.8, 4) is 5.75 Å². The number of ether oxygens (including phenoxy) is 1. The topological polar surface area (TPSA) is 49.8 Å². The Kier molecular flexibility index (Phi) is 5.34. The SMILES string of the molecule is CCOc1ccc2c(c1)CN(C(=O)CC(O)c1cccc(F)c1)CC2. The van der Waals surface area contributed by atoms with E-state index in [0.29, 0.717) is 25.3 Å². The van der Waals surface area contributed by atoms with E-state index in [9.17, 15) is 14.3 Å². The Balaban J connectivity index is 1.66. The number of carbonyl (C=O) groups is 1. The molecule has 1 amide bonds. The van der Waals surface area contributed by atoms with E-state index < -0.39 is 11.9 Å². The zero-order valence-corrected chi connectivity index (χ0v) is 14.2. The van der Waals surface area contributed by atoms with Gasteiger partial charge in [0.2, 0.25) is 5.91 Å². The highest BCUT2D eigenvalue weighted by molar-refractivity contribution is 5.77. The second kappa shape index (κ2) is 7.66. The Labute approximate surface area is 146 Å². The lowest BCUT2D eigenvalue weighted by molar-refractivity contribution is -0.134. The van der Waals surface area contributed by atoms with Crippen LogP contribution >= 0.6 is 0 Å². The molecule has 132 valence electrons. The van der Waals surface area contributed by atoms with Crippen molar-refractivity contribution in [1.29, 1.82) is 0 Å². The minimum Gasteiger partial charge on any atom is -0.494 e. The van der Waals surface area contributed by atoms with Gasteiger partial charge in [-0.1, -0.05) is 18.2 Å². The van der Waals surface area contributed by atoms with Crippen LogP contribution in [-0.4, -0.2) is 29.1 Å². The van der Waals surface area contributed by atoms with Gasteiger partial charge in [0.05, 0.1) is 19.1 Å². The third kappa shape index (κ3) is 4.17. The maximum Gasteiger partial charge on any atom is 0.225 e. The number of hydrogen-bond donors (Lipinski definition) is 1. The Hall–Kier alpha value is -2.40. The van der Waals surface area contributed by atoms with Crippen molar-refractivity contribution in [1.82, 2.24) is 4.90 Å². The maximum atomic E-state index is 13.3. The monoisotopic (exact) mass is 343 g/mol. The molecule has 5 heteroatoms. The molecule has 1 unspecified atom stereocenters. The summed E-state index contributed by atoms with van der Waals surface area (Å²) in [5.74, 6) is 0.249. The Morgan fingerprint density at radius 1 is 1.28 bits per heavy atom. The van der Waals surface area contributed by atoms with Gasteiger partial charge in [0.15, 0.2) is 0 Å². The zero-order chi connectivity index (χ0) is 17.8. The molecule has 0 aliphatic carbocycles. The summed E-state index contributed by atoms with van der Waals surface area (Å²) in [6.07, 6.45) is -0.271. The van der Waals surface area contributed by atoms with Crippen molar-refractivity contribution < 1.29 is 19.0 Å². The van der Waals surface area contributed by atoms with E-state index >= 15 is 0 Å². The van der Waals surface area contributed by atoms with Gasteiger partial charge in [0.1, 0.15) is 11.6 Å². The van der Waals surface area contributed by atoms with Crippen LogP contribution in [0.15, 0.2) is 42.5 Å². The molecule has 2 aromatic rings. The fourth-order valence-corrected chi connectivity index (χ4v) is 3.13. The number of fused-ring (bicyclic) bond motifs is 1. The molecule has 3 rings (SSSR count). The summed E-state index contributed by atoms with van der Waals surface area (Å²) in [7, 11) is 0. The van der Waals surface area contributed by atoms with Crippen LogP contribution in [0.4, 0.5) is 4.39 Å². The maximum absolute atomic E-state index is 13.3. The number of aliphatic hydroxyl groups is 1. The summed E-state index contributed by atoms with van der Waals surface area (Å²) >= 11 is 0. The number of amides is 1. The molecule has 25 heavy (non-hydrogen) atoms. The van der Waals surface area contributed by atoms with Crippen molar-refractivity contribution in [2.24, 2.45) is 0 Å². The van der Waals surface area contributed by atoms with Crippen molar-refractivity contribution in [2.45, 2.75) is 32.4 Å². The van der Waals surface area contributed by atoms with Crippen LogP contribution in [0.25, 0.3) is 0 Å². The van der Waals surface area contributed by atoms with E-state index in [1.165, 1.54) is 23.8 Å². The highest BCUT2D eigenvalue weighted by Gasteiger charge is 2.23. The van der Waals surface area contributed by atoms with E-state index in [4.69, 9.17) is 4.74 Å². The molecule has 1 heterocycles. The van der Waals surface area contributed by atoms with Crippen molar-refractivity contribution in [2.75, 3.05) is 13.2 Å². The smallest absolute Gasteiger partial charge is 0.225 e. The van der Waals surface area contributed by atoms with Gasteiger partial charge in [0, 0.05) is 13.1 Å². The molecule has 1 aliphatic rings. The standard InChI is InChI=1S/C20H22FNO3/c1-2-25-18-7-6-14-8-9-22(13-16(14)11-18)20(24)12-19(23)15-4-3-5-17(21)10-15/h3-7,10-11,19,23H,2,8-9,12-13H2,1H3. The predicted molar refractivity (Wildman–Crippen MR) is 92.7 cm³/mol. The highest BCUT2D eigenvalue weighted by atomic mass is 19.1. The van der Waals surface area contributed by atoms with Gasteiger partial charge in [-0.2, -0.15) is 0 Å². The van der Waals surface area contributed by atoms with Crippen LogP contribution in [0.5, 0.6) is 5.75 Å². The summed E-state index contributed by atoms with van der Waals surface area (Å²) < 4.78 is 18.8. The first kappa shape index (κ1) is 17.4. The number of halogens is 1. The fourth-order valence-electron chi connectivity index (χ4n) is 3.13. The number of hydrogen-bond acceptors (Lipinski definition) is 3. The molecule has 2 aromatic carbocycles. The number of rotatable bonds is 5. The summed E-state index contributed by atoms with van der Waals surface area (Å²) in [5, 5.41) is 10.2. The van der Waals surface area contributed by atoms with Gasteiger partial charge < -0.3 is 14.7 Å². The third-order valence-electron chi connectivity index (χ3n) is 4.46. The van der Waals surface area contributed by atoms with Gasteiger partial charge in [-0.3, -0.25) is 4.79 Å². The number of nitrogens with zero attached hydrogens (tertiary/aromatic N) is 1. The molecule has 0 saturated carbocycles. The van der Waals surface area contributed by atoms with Gasteiger partial charge in [0.25, 0.3) is 0 Å². The second-order valence-electron chi connectivity index (χ2n) is 6.20. The summed E-state index contributed by atoms with van der Waals surface area (Å²) in [6, 6.07) is 11.7. The van der Waals surface area contributed by atoms with Crippen LogP contribution in [-0.2, 0) is 17.8 Å². The molecule has 0 aromatic heterocycles. The molecular weight excluding hydrogens is 321 g/mol. The van der Waals surface area contributed by atoms with E-state index in [0.717, 1.165) is 17.7 Å². The van der Waals surface area contributed by atoms with E-state index in [1.807, 2.05) is 25.1 Å². The third-order valence-corrected chi connectivity index (χ3v) is 4.46. The van der Waals surface area contributed by atoms with Crippen LogP contribution in [0.2, 0.25) is 0 Å². The summed E-state index contributed by atoms with van der Waals surface area (Å²) in [5.41, 5.74) is 2.72. The van der Waals surface area contributed by atoms with Crippen molar-refractivity contribution >= 4 is 5.91 Å². The van der Waals surface area contributed by atoms with Crippen molar-refractivity contribution in [3.05, 3.63) is 65.0 Å². The number of benzene rings is 2. The Morgan fingerprint density at radius 3 is 2.88 bits per heavy atom. The van der Waals surface area contributed by atoms with Gasteiger partial charge >= 0.3 is 0 Å². The lowest BCUT2D eigenvalue weighted by Crippen LogP contribution is -2.36. The van der Waals surface area contributed by atoms with Gasteiger partial charge in [-0.25, -0.2) is 4.39 Å². The van der Waals surface area contributed by atoms with Gasteiger partial charge in [-0.05, 0) is 54.3 Å². The van der Waals surface area contributed by atoms with E-state index in [-0.39, 0.29) is 12.3 Å². The largest absolute Gasteiger partial charge is 0.494 e. The first-order chi connectivity index (χ1) is 12.1. The fraction of sp³-hybridized carbons (Fsp3) is 0.350. The Morgan fingerprint density at radius 2 is 2.12 bits per heavy atom. The average Bonchev–Trinajstić information content (AvgIpc) is 2.61. The highest BCUT2D eigenvalue weighted by Crippen LogP contribution is 2.26. The molecule has 1 aliphatic heterocycles. The molecule has 1 atom stereocenters. The normalized spacial score (nSPS) is 14.8. The minimum absolute atomic E-state index is 0.0516. The second-order valence-corrected chi connectivity index (χ2v) is 6.20. The quantitative estimate of drug-likeness (QED) is 0.907. The average molecular weight is 343 g/mol. The van der Waals surface area contributed by atoms with Crippen LogP contribution in [0.3, 0.4) is 0 Å². The van der Waals surface area contributed by atoms with Crippen LogP contribution in [0.1, 0.15) is 36.1 Å². The van der Waals surface area contributed by atoms with E-state index in [2.05, 4.69) is 0 Å². The van der Waals surface area contributed by atoms with Crippen LogP contribution in [0, 0.1) is 5.82 Å². The molecule has 4 nitrogen and oxygen atoms in total. The molecule has 0 spiro atoms. The number of aliphatic hydroxyl groups excluding tert-OH is 1. The molecular formula is C20H22FNO3. The lowest BCUT2D eigenvalue weighted by atomic mass is 9.98.